The van der Waals surface area contributed by atoms with E-state index in [9.17, 15) is 4.79 Å². The number of benzene rings is 1. The molecule has 142 valence electrons. The van der Waals surface area contributed by atoms with E-state index in [1.807, 2.05) is 25.1 Å². The number of ether oxygens (including phenoxy) is 1. The fourth-order valence-corrected chi connectivity index (χ4v) is 3.98. The van der Waals surface area contributed by atoms with Crippen LogP contribution in [0.2, 0.25) is 0 Å². The summed E-state index contributed by atoms with van der Waals surface area (Å²) in [6.45, 7) is 3.66. The van der Waals surface area contributed by atoms with Crippen LogP contribution < -0.4 is 15.0 Å². The first-order chi connectivity index (χ1) is 13.1. The summed E-state index contributed by atoms with van der Waals surface area (Å²) in [6.07, 6.45) is 5.01. The summed E-state index contributed by atoms with van der Waals surface area (Å²) in [5.41, 5.74) is 4.36. The van der Waals surface area contributed by atoms with Crippen LogP contribution in [0.25, 0.3) is 0 Å². The van der Waals surface area contributed by atoms with Crippen molar-refractivity contribution in [1.29, 1.82) is 0 Å². The summed E-state index contributed by atoms with van der Waals surface area (Å²) >= 11 is 0. The topological polar surface area (TPSA) is 67.3 Å². The first kappa shape index (κ1) is 17.8. The molecular weight excluding hydrogens is 340 g/mol. The number of piperidine rings is 1. The van der Waals surface area contributed by atoms with Gasteiger partial charge >= 0.3 is 0 Å². The Bertz CT molecular complexity index is 844. The van der Waals surface area contributed by atoms with Crippen LogP contribution in [0.15, 0.2) is 24.3 Å². The summed E-state index contributed by atoms with van der Waals surface area (Å²) in [5.74, 6) is 1.89. The van der Waals surface area contributed by atoms with Gasteiger partial charge in [-0.25, -0.2) is 0 Å². The number of nitrogens with zero attached hydrogens (tertiary/aromatic N) is 3. The lowest BCUT2D eigenvalue weighted by molar-refractivity contribution is -0.120. The Morgan fingerprint density at radius 1 is 1.19 bits per heavy atom. The van der Waals surface area contributed by atoms with Crippen LogP contribution in [-0.2, 0) is 17.6 Å². The smallest absolute Gasteiger partial charge is 0.227 e. The molecule has 4 rings (SSSR count). The summed E-state index contributed by atoms with van der Waals surface area (Å²) in [5, 5.41) is 11.9. The highest BCUT2D eigenvalue weighted by molar-refractivity contribution is 5.93. The number of fused-ring (bicyclic) bond motifs is 1. The molecule has 2 aliphatic rings. The normalized spacial score (nSPS) is 16.9. The number of nitrogens with one attached hydrogen (secondary N) is 1. The molecule has 1 aromatic heterocycles. The van der Waals surface area contributed by atoms with Crippen molar-refractivity contribution in [2.24, 2.45) is 5.92 Å². The Balaban J connectivity index is 1.35. The van der Waals surface area contributed by atoms with Crippen molar-refractivity contribution in [2.45, 2.75) is 39.0 Å². The van der Waals surface area contributed by atoms with E-state index in [4.69, 9.17) is 4.74 Å². The van der Waals surface area contributed by atoms with Gasteiger partial charge in [-0.05, 0) is 74.4 Å². The zero-order chi connectivity index (χ0) is 18.8. The van der Waals surface area contributed by atoms with Gasteiger partial charge in [-0.2, -0.15) is 5.10 Å². The third-order valence-corrected chi connectivity index (χ3v) is 5.69. The second kappa shape index (κ2) is 7.55. The Labute approximate surface area is 159 Å². The summed E-state index contributed by atoms with van der Waals surface area (Å²) in [4.78, 5) is 14.9. The Morgan fingerprint density at radius 3 is 2.74 bits per heavy atom. The standard InChI is InChI=1S/C21H26N4O2/c1-14-12-17(27-2)6-7-18(14)22-21(26)15-8-10-25(11-9-15)20-13-16-4-3-5-19(16)23-24-20/h6-7,12-13,15H,3-5,8-11H2,1-2H3,(H,22,26). The predicted octanol–water partition coefficient (Wildman–Crippen LogP) is 3.14. The van der Waals surface area contributed by atoms with Crippen LogP contribution in [0.5, 0.6) is 5.75 Å². The lowest BCUT2D eigenvalue weighted by atomic mass is 9.95. The van der Waals surface area contributed by atoms with Gasteiger partial charge in [-0.3, -0.25) is 4.79 Å². The third-order valence-electron chi connectivity index (χ3n) is 5.69. The molecule has 6 heteroatoms. The zero-order valence-corrected chi connectivity index (χ0v) is 16.0. The number of hydrogen-bond donors (Lipinski definition) is 1. The minimum absolute atomic E-state index is 0.0325. The van der Waals surface area contributed by atoms with E-state index in [2.05, 4.69) is 26.5 Å². The summed E-state index contributed by atoms with van der Waals surface area (Å²) in [7, 11) is 1.65. The first-order valence-corrected chi connectivity index (χ1v) is 9.70. The Hall–Kier alpha value is -2.63. The van der Waals surface area contributed by atoms with E-state index >= 15 is 0 Å². The molecule has 1 aliphatic heterocycles. The molecule has 1 N–H and O–H groups in total. The maximum absolute atomic E-state index is 12.7. The average Bonchev–Trinajstić information content (AvgIpc) is 3.17. The maximum Gasteiger partial charge on any atom is 0.227 e. The molecule has 1 saturated heterocycles. The number of hydrogen-bond acceptors (Lipinski definition) is 5. The molecule has 0 radical (unpaired) electrons. The number of methoxy groups -OCH3 is 1. The fraction of sp³-hybridized carbons (Fsp3) is 0.476. The SMILES string of the molecule is COc1ccc(NC(=O)C2CCN(c3cc4c(nn3)CCC4)CC2)c(C)c1. The minimum Gasteiger partial charge on any atom is -0.497 e. The Kier molecular flexibility index (Phi) is 4.97. The average molecular weight is 366 g/mol. The van der Waals surface area contributed by atoms with Crippen LogP contribution in [-0.4, -0.2) is 36.3 Å². The van der Waals surface area contributed by atoms with E-state index in [0.717, 1.165) is 67.3 Å². The zero-order valence-electron chi connectivity index (χ0n) is 16.0. The number of rotatable bonds is 4. The minimum atomic E-state index is 0.0325. The highest BCUT2D eigenvalue weighted by Gasteiger charge is 2.27. The highest BCUT2D eigenvalue weighted by Crippen LogP contribution is 2.27. The maximum atomic E-state index is 12.7. The van der Waals surface area contributed by atoms with Gasteiger partial charge in [0.25, 0.3) is 0 Å². The van der Waals surface area contributed by atoms with Crippen LogP contribution in [0.3, 0.4) is 0 Å². The second-order valence-corrected chi connectivity index (χ2v) is 7.46. The number of amides is 1. The van der Waals surface area contributed by atoms with Crippen LogP contribution in [0.1, 0.15) is 36.1 Å². The van der Waals surface area contributed by atoms with Gasteiger partial charge in [0.2, 0.25) is 5.91 Å². The lowest BCUT2D eigenvalue weighted by Gasteiger charge is -2.32. The van der Waals surface area contributed by atoms with Crippen LogP contribution in [0, 0.1) is 12.8 Å². The molecule has 2 aromatic rings. The predicted molar refractivity (Wildman–Crippen MR) is 105 cm³/mol. The monoisotopic (exact) mass is 366 g/mol. The quantitative estimate of drug-likeness (QED) is 0.900. The lowest BCUT2D eigenvalue weighted by Crippen LogP contribution is -2.38. The van der Waals surface area contributed by atoms with E-state index in [1.54, 1.807) is 7.11 Å². The van der Waals surface area contributed by atoms with Gasteiger partial charge in [0.1, 0.15) is 5.75 Å². The largest absolute Gasteiger partial charge is 0.497 e. The van der Waals surface area contributed by atoms with Gasteiger partial charge in [-0.15, -0.1) is 5.10 Å². The molecule has 27 heavy (non-hydrogen) atoms. The number of aromatic nitrogens is 2. The number of aryl methyl sites for hydroxylation is 3. The molecule has 0 bridgehead atoms. The van der Waals surface area contributed by atoms with Crippen LogP contribution in [0.4, 0.5) is 11.5 Å². The van der Waals surface area contributed by atoms with E-state index < -0.39 is 0 Å². The molecule has 1 aromatic carbocycles. The molecule has 6 nitrogen and oxygen atoms in total. The fourth-order valence-electron chi connectivity index (χ4n) is 3.98. The van der Waals surface area contributed by atoms with Crippen molar-refractivity contribution in [3.8, 4) is 5.75 Å². The van der Waals surface area contributed by atoms with E-state index in [0.29, 0.717) is 0 Å². The van der Waals surface area contributed by atoms with Gasteiger partial charge in [0.15, 0.2) is 5.82 Å². The van der Waals surface area contributed by atoms with Crippen molar-refractivity contribution < 1.29 is 9.53 Å². The van der Waals surface area contributed by atoms with E-state index in [-0.39, 0.29) is 11.8 Å². The Morgan fingerprint density at radius 2 is 2.00 bits per heavy atom. The van der Waals surface area contributed by atoms with Crippen molar-refractivity contribution in [3.63, 3.8) is 0 Å². The van der Waals surface area contributed by atoms with Gasteiger partial charge in [-0.1, -0.05) is 0 Å². The molecule has 0 spiro atoms. The van der Waals surface area contributed by atoms with Crippen LogP contribution >= 0.6 is 0 Å². The number of carbonyl (C=O) groups is 1. The van der Waals surface area contributed by atoms with Crippen molar-refractivity contribution in [1.82, 2.24) is 10.2 Å². The van der Waals surface area contributed by atoms with Crippen molar-refractivity contribution in [2.75, 3.05) is 30.4 Å². The van der Waals surface area contributed by atoms with E-state index in [1.165, 1.54) is 12.0 Å². The second-order valence-electron chi connectivity index (χ2n) is 7.46. The first-order valence-electron chi connectivity index (χ1n) is 9.70. The van der Waals surface area contributed by atoms with Gasteiger partial charge in [0.05, 0.1) is 12.8 Å². The third kappa shape index (κ3) is 3.75. The molecule has 0 atom stereocenters. The van der Waals surface area contributed by atoms with Gasteiger partial charge < -0.3 is 15.0 Å². The molecule has 1 amide bonds. The molecular formula is C21H26N4O2. The number of anilines is 2. The summed E-state index contributed by atoms with van der Waals surface area (Å²) < 4.78 is 5.22. The molecule has 1 fully saturated rings. The van der Waals surface area contributed by atoms with Crippen molar-refractivity contribution >= 4 is 17.4 Å². The van der Waals surface area contributed by atoms with Gasteiger partial charge in [0, 0.05) is 24.7 Å². The van der Waals surface area contributed by atoms with Crippen molar-refractivity contribution in [3.05, 3.63) is 41.1 Å². The molecule has 1 aliphatic carbocycles. The number of carbonyl (C=O) groups excluding carboxylic acids is 1. The highest BCUT2D eigenvalue weighted by atomic mass is 16.5. The summed E-state index contributed by atoms with van der Waals surface area (Å²) in [6, 6.07) is 7.90. The molecule has 0 unspecified atom stereocenters. The molecule has 2 heterocycles. The molecule has 0 saturated carbocycles.